The molecule has 6 aliphatic rings. The van der Waals surface area contributed by atoms with Crippen LogP contribution in [0.5, 0.6) is 0 Å². The van der Waals surface area contributed by atoms with E-state index in [0.29, 0.717) is 12.3 Å². The number of epoxide rings is 1. The van der Waals surface area contributed by atoms with E-state index in [-0.39, 0.29) is 35.4 Å². The third-order valence-electron chi connectivity index (χ3n) is 8.60. The third kappa shape index (κ3) is 1.14. The summed E-state index contributed by atoms with van der Waals surface area (Å²) in [5, 5.41) is 10.2. The lowest BCUT2D eigenvalue weighted by atomic mass is 9.60. The molecule has 9 atom stereocenters. The molecule has 4 bridgehead atoms. The van der Waals surface area contributed by atoms with Crippen LogP contribution in [0.25, 0.3) is 0 Å². The fraction of sp³-hybridized carbons (Fsp3) is 0.789. The second-order valence-electron chi connectivity index (χ2n) is 9.35. The van der Waals surface area contributed by atoms with Gasteiger partial charge in [0.1, 0.15) is 17.8 Å². The summed E-state index contributed by atoms with van der Waals surface area (Å²) >= 11 is 0. The summed E-state index contributed by atoms with van der Waals surface area (Å²) in [6.07, 6.45) is 4.14. The Bertz CT molecular complexity index is 729. The summed E-state index contributed by atoms with van der Waals surface area (Å²) in [5.74, 6) is -1.06. The van der Waals surface area contributed by atoms with Crippen molar-refractivity contribution < 1.29 is 24.2 Å². The van der Waals surface area contributed by atoms with Gasteiger partial charge in [0.25, 0.3) is 0 Å². The Labute approximate surface area is 140 Å². The predicted molar refractivity (Wildman–Crippen MR) is 81.8 cm³/mol. The molecule has 4 aliphatic carbocycles. The monoisotopic (exact) mass is 330 g/mol. The number of carboxylic acids is 1. The molecule has 6 fully saturated rings. The van der Waals surface area contributed by atoms with Crippen molar-refractivity contribution in [3.05, 3.63) is 12.2 Å². The van der Waals surface area contributed by atoms with Crippen LogP contribution in [-0.2, 0) is 19.1 Å². The SMILES string of the molecule is C=C1C[C@]23CC1CC[C@H]2[C@@]12O[C@@H]1C1C[C@](C)(C(=O)O1)[C@H]2[C@@H]3C(=O)O. The molecular formula is C19H22O5. The van der Waals surface area contributed by atoms with E-state index in [9.17, 15) is 14.7 Å². The predicted octanol–water partition coefficient (Wildman–Crippen LogP) is 2.15. The maximum Gasteiger partial charge on any atom is 0.312 e. The maximum atomic E-state index is 12.6. The van der Waals surface area contributed by atoms with Gasteiger partial charge in [-0.3, -0.25) is 9.59 Å². The van der Waals surface area contributed by atoms with Crippen LogP contribution in [0, 0.1) is 34.5 Å². The molecule has 2 aliphatic heterocycles. The first-order valence-electron chi connectivity index (χ1n) is 9.14. The van der Waals surface area contributed by atoms with Gasteiger partial charge in [-0.2, -0.15) is 0 Å². The van der Waals surface area contributed by atoms with Crippen LogP contribution in [0.4, 0.5) is 0 Å². The molecule has 4 saturated carbocycles. The molecule has 1 N–H and O–H groups in total. The molecule has 0 aromatic rings. The number of rotatable bonds is 1. The zero-order chi connectivity index (χ0) is 16.6. The van der Waals surface area contributed by atoms with E-state index in [1.807, 2.05) is 6.92 Å². The van der Waals surface area contributed by atoms with E-state index in [1.165, 1.54) is 5.57 Å². The van der Waals surface area contributed by atoms with Gasteiger partial charge in [0.2, 0.25) is 0 Å². The first kappa shape index (κ1) is 13.9. The van der Waals surface area contributed by atoms with Crippen molar-refractivity contribution in [2.75, 3.05) is 0 Å². The molecule has 2 unspecified atom stereocenters. The number of fused-ring (bicyclic) bond motifs is 5. The Morgan fingerprint density at radius 1 is 1.33 bits per heavy atom. The topological polar surface area (TPSA) is 76.1 Å². The van der Waals surface area contributed by atoms with E-state index in [2.05, 4.69) is 6.58 Å². The first-order valence-corrected chi connectivity index (χ1v) is 9.14. The Morgan fingerprint density at radius 3 is 2.88 bits per heavy atom. The van der Waals surface area contributed by atoms with E-state index in [4.69, 9.17) is 9.47 Å². The van der Waals surface area contributed by atoms with Crippen LogP contribution in [-0.4, -0.2) is 34.9 Å². The summed E-state index contributed by atoms with van der Waals surface area (Å²) in [6, 6.07) is 0. The van der Waals surface area contributed by atoms with E-state index in [0.717, 1.165) is 25.7 Å². The molecule has 2 spiro atoms. The zero-order valence-corrected chi connectivity index (χ0v) is 13.8. The molecule has 2 saturated heterocycles. The Balaban J connectivity index is 1.60. The fourth-order valence-electron chi connectivity index (χ4n) is 7.98. The molecule has 2 heterocycles. The van der Waals surface area contributed by atoms with Crippen LogP contribution in [0.15, 0.2) is 12.2 Å². The number of hydrogen-bond acceptors (Lipinski definition) is 4. The number of carbonyl (C=O) groups is 2. The molecule has 0 aromatic carbocycles. The summed E-state index contributed by atoms with van der Waals surface area (Å²) in [7, 11) is 0. The number of esters is 1. The van der Waals surface area contributed by atoms with E-state index >= 15 is 0 Å². The third-order valence-corrected chi connectivity index (χ3v) is 8.60. The van der Waals surface area contributed by atoms with Gasteiger partial charge in [0, 0.05) is 12.3 Å². The lowest BCUT2D eigenvalue weighted by Crippen LogP contribution is -2.49. The molecule has 0 radical (unpaired) electrons. The average Bonchev–Trinajstić information content (AvgIpc) is 3.03. The van der Waals surface area contributed by atoms with E-state index < -0.39 is 22.9 Å². The van der Waals surface area contributed by atoms with Crippen LogP contribution in [0.3, 0.4) is 0 Å². The Morgan fingerprint density at radius 2 is 2.12 bits per heavy atom. The van der Waals surface area contributed by atoms with E-state index in [1.54, 1.807) is 0 Å². The van der Waals surface area contributed by atoms with Gasteiger partial charge >= 0.3 is 11.9 Å². The molecule has 0 amide bonds. The van der Waals surface area contributed by atoms with Crippen LogP contribution in [0.1, 0.15) is 39.0 Å². The van der Waals surface area contributed by atoms with Crippen molar-refractivity contribution in [1.82, 2.24) is 0 Å². The van der Waals surface area contributed by atoms with Crippen molar-refractivity contribution >= 4 is 11.9 Å². The molecule has 5 nitrogen and oxygen atoms in total. The standard InChI is InChI=1S/C19H22O5/c1-8-5-18-6-9(8)3-4-11(18)19-13(12(18)15(20)21)17(2)7-10(14(19)24-19)23-16(17)22/h9-14H,1,3-7H2,2H3,(H,20,21)/t9?,10?,11-,12-,13-,14-,17+,18+,19+/m1/s1. The smallest absolute Gasteiger partial charge is 0.312 e. The summed E-state index contributed by atoms with van der Waals surface area (Å²) in [6.45, 7) is 6.18. The molecule has 5 heteroatoms. The summed E-state index contributed by atoms with van der Waals surface area (Å²) in [4.78, 5) is 25.1. The van der Waals surface area contributed by atoms with Crippen molar-refractivity contribution in [2.45, 2.75) is 56.8 Å². The van der Waals surface area contributed by atoms with Crippen LogP contribution in [0.2, 0.25) is 0 Å². The number of aliphatic carboxylic acids is 1. The second kappa shape index (κ2) is 3.59. The molecule has 0 aromatic heterocycles. The Hall–Kier alpha value is -1.36. The highest BCUT2D eigenvalue weighted by Gasteiger charge is 2.89. The van der Waals surface area contributed by atoms with Crippen molar-refractivity contribution in [3.8, 4) is 0 Å². The highest BCUT2D eigenvalue weighted by Crippen LogP contribution is 2.81. The van der Waals surface area contributed by atoms with Gasteiger partial charge in [-0.05, 0) is 49.9 Å². The normalized spacial score (nSPS) is 61.9. The lowest BCUT2D eigenvalue weighted by molar-refractivity contribution is -0.157. The minimum Gasteiger partial charge on any atom is -0.481 e. The van der Waals surface area contributed by atoms with Crippen LogP contribution < -0.4 is 0 Å². The number of carboxylic acid groups (broad SMARTS) is 1. The van der Waals surface area contributed by atoms with Gasteiger partial charge in [-0.1, -0.05) is 12.2 Å². The minimum atomic E-state index is -0.758. The largest absolute Gasteiger partial charge is 0.481 e. The molecule has 128 valence electrons. The summed E-state index contributed by atoms with van der Waals surface area (Å²) in [5.41, 5.74) is -0.206. The highest BCUT2D eigenvalue weighted by molar-refractivity contribution is 5.84. The van der Waals surface area contributed by atoms with Gasteiger partial charge in [0.15, 0.2) is 0 Å². The molecule has 24 heavy (non-hydrogen) atoms. The van der Waals surface area contributed by atoms with Crippen molar-refractivity contribution in [1.29, 1.82) is 0 Å². The number of ether oxygens (including phenoxy) is 2. The number of carbonyl (C=O) groups excluding carboxylic acids is 1. The molecular weight excluding hydrogens is 308 g/mol. The van der Waals surface area contributed by atoms with Gasteiger partial charge in [0.05, 0.1) is 11.3 Å². The fourth-order valence-corrected chi connectivity index (χ4v) is 7.98. The van der Waals surface area contributed by atoms with Gasteiger partial charge in [-0.15, -0.1) is 0 Å². The van der Waals surface area contributed by atoms with Crippen molar-refractivity contribution in [3.63, 3.8) is 0 Å². The van der Waals surface area contributed by atoms with Gasteiger partial charge < -0.3 is 14.6 Å². The summed E-state index contributed by atoms with van der Waals surface area (Å²) < 4.78 is 11.9. The number of hydrogen-bond donors (Lipinski definition) is 1. The first-order chi connectivity index (χ1) is 11.3. The zero-order valence-electron chi connectivity index (χ0n) is 13.8. The van der Waals surface area contributed by atoms with Crippen molar-refractivity contribution in [2.24, 2.45) is 34.5 Å². The Kier molecular flexibility index (Phi) is 2.08. The quantitative estimate of drug-likeness (QED) is 0.453. The maximum absolute atomic E-state index is 12.6. The average molecular weight is 330 g/mol. The highest BCUT2D eigenvalue weighted by atomic mass is 16.7. The van der Waals surface area contributed by atoms with Gasteiger partial charge in [-0.25, -0.2) is 0 Å². The molecule has 6 rings (SSSR count). The number of allylic oxidation sites excluding steroid dienone is 1. The lowest BCUT2D eigenvalue weighted by Gasteiger charge is -2.39. The second-order valence-corrected chi connectivity index (χ2v) is 9.35. The van der Waals surface area contributed by atoms with Crippen LogP contribution >= 0.6 is 0 Å². The minimum absolute atomic E-state index is 0.0846.